The van der Waals surface area contributed by atoms with Crippen LogP contribution in [-0.4, -0.2) is 25.5 Å². The standard InChI is InChI=1S/C15H16N2OS2.ClH/c1-9(16-2)8-17-15(18)13-7-12-14(20-13)10-5-3-4-6-11(10)19-12;/h3-7,9,16H,8H2,1-2H3,(H,17,18);1H. The molecule has 0 saturated carbocycles. The van der Waals surface area contributed by atoms with Crippen LogP contribution in [0.5, 0.6) is 0 Å². The van der Waals surface area contributed by atoms with E-state index in [1.807, 2.05) is 26.1 Å². The van der Waals surface area contributed by atoms with Crippen molar-refractivity contribution in [1.29, 1.82) is 0 Å². The number of fused-ring (bicyclic) bond motifs is 3. The Balaban J connectivity index is 0.00000161. The van der Waals surface area contributed by atoms with Gasteiger partial charge >= 0.3 is 0 Å². The second-order valence-electron chi connectivity index (χ2n) is 4.80. The zero-order chi connectivity index (χ0) is 14.1. The highest BCUT2D eigenvalue weighted by atomic mass is 35.5. The summed E-state index contributed by atoms with van der Waals surface area (Å²) in [6.07, 6.45) is 0. The van der Waals surface area contributed by atoms with Gasteiger partial charge in [0, 0.05) is 27.4 Å². The molecule has 3 rings (SSSR count). The lowest BCUT2D eigenvalue weighted by Gasteiger charge is -2.10. The lowest BCUT2D eigenvalue weighted by atomic mass is 10.2. The van der Waals surface area contributed by atoms with E-state index in [0.29, 0.717) is 6.54 Å². The number of carbonyl (C=O) groups excluding carboxylic acids is 1. The Morgan fingerprint density at radius 1 is 1.24 bits per heavy atom. The van der Waals surface area contributed by atoms with E-state index in [4.69, 9.17) is 0 Å². The van der Waals surface area contributed by atoms with E-state index in [1.54, 1.807) is 22.7 Å². The van der Waals surface area contributed by atoms with E-state index in [2.05, 4.69) is 28.8 Å². The molecule has 0 spiro atoms. The highest BCUT2D eigenvalue weighted by Crippen LogP contribution is 2.39. The topological polar surface area (TPSA) is 41.1 Å². The van der Waals surface area contributed by atoms with Gasteiger partial charge in [-0.05, 0) is 26.1 Å². The molecule has 0 fully saturated rings. The van der Waals surface area contributed by atoms with Crippen LogP contribution in [0.4, 0.5) is 0 Å². The maximum atomic E-state index is 12.1. The minimum Gasteiger partial charge on any atom is -0.350 e. The lowest BCUT2D eigenvalue weighted by Crippen LogP contribution is -2.36. The average Bonchev–Trinajstić information content (AvgIpc) is 3.01. The van der Waals surface area contributed by atoms with Gasteiger partial charge in [0.2, 0.25) is 0 Å². The fourth-order valence-electron chi connectivity index (χ4n) is 2.05. The predicted molar refractivity (Wildman–Crippen MR) is 95.3 cm³/mol. The molecule has 0 radical (unpaired) electrons. The highest BCUT2D eigenvalue weighted by Gasteiger charge is 2.14. The summed E-state index contributed by atoms with van der Waals surface area (Å²) >= 11 is 3.33. The molecule has 0 aliphatic heterocycles. The van der Waals surface area contributed by atoms with Crippen molar-refractivity contribution in [1.82, 2.24) is 10.6 Å². The molecule has 0 saturated heterocycles. The van der Waals surface area contributed by atoms with Gasteiger partial charge in [0.05, 0.1) is 9.58 Å². The molecule has 1 atom stereocenters. The van der Waals surface area contributed by atoms with Crippen molar-refractivity contribution >= 4 is 60.5 Å². The van der Waals surface area contributed by atoms with Crippen LogP contribution in [0.25, 0.3) is 19.5 Å². The van der Waals surface area contributed by atoms with E-state index in [-0.39, 0.29) is 24.4 Å². The van der Waals surface area contributed by atoms with Gasteiger partial charge in [0.1, 0.15) is 0 Å². The Morgan fingerprint density at radius 3 is 2.76 bits per heavy atom. The highest BCUT2D eigenvalue weighted by molar-refractivity contribution is 7.33. The third-order valence-electron chi connectivity index (χ3n) is 3.33. The fourth-order valence-corrected chi connectivity index (χ4v) is 4.49. The molecule has 0 bridgehead atoms. The molecule has 2 N–H and O–H groups in total. The summed E-state index contributed by atoms with van der Waals surface area (Å²) in [5.74, 6) is 0.0181. The van der Waals surface area contributed by atoms with E-state index < -0.39 is 0 Å². The molecule has 21 heavy (non-hydrogen) atoms. The number of hydrogen-bond acceptors (Lipinski definition) is 4. The molecule has 2 heterocycles. The quantitative estimate of drug-likeness (QED) is 0.756. The Morgan fingerprint density at radius 2 is 2.00 bits per heavy atom. The maximum absolute atomic E-state index is 12.1. The molecular formula is C15H17ClN2OS2. The smallest absolute Gasteiger partial charge is 0.261 e. The van der Waals surface area contributed by atoms with Crippen molar-refractivity contribution < 1.29 is 4.79 Å². The molecule has 0 aliphatic carbocycles. The summed E-state index contributed by atoms with van der Waals surface area (Å²) in [5.41, 5.74) is 0. The molecule has 6 heteroatoms. The van der Waals surface area contributed by atoms with Crippen LogP contribution in [0.3, 0.4) is 0 Å². The maximum Gasteiger partial charge on any atom is 0.261 e. The zero-order valence-corrected chi connectivity index (χ0v) is 14.3. The third kappa shape index (κ3) is 3.21. The average molecular weight is 341 g/mol. The normalized spacial score (nSPS) is 12.3. The lowest BCUT2D eigenvalue weighted by molar-refractivity contribution is 0.0954. The van der Waals surface area contributed by atoms with Gasteiger partial charge in [0.25, 0.3) is 5.91 Å². The summed E-state index contributed by atoms with van der Waals surface area (Å²) in [7, 11) is 1.89. The number of nitrogens with one attached hydrogen (secondary N) is 2. The van der Waals surface area contributed by atoms with Gasteiger partial charge in [-0.1, -0.05) is 18.2 Å². The molecule has 0 aliphatic rings. The SMILES string of the molecule is CNC(C)CNC(=O)c1cc2sc3ccccc3c2s1.Cl. The van der Waals surface area contributed by atoms with Gasteiger partial charge < -0.3 is 10.6 Å². The van der Waals surface area contributed by atoms with Crippen molar-refractivity contribution in [3.8, 4) is 0 Å². The molecule has 3 aromatic rings. The Labute approximate surface area is 137 Å². The zero-order valence-electron chi connectivity index (χ0n) is 11.8. The first kappa shape index (κ1) is 16.2. The van der Waals surface area contributed by atoms with Crippen molar-refractivity contribution in [2.75, 3.05) is 13.6 Å². The minimum absolute atomic E-state index is 0. The van der Waals surface area contributed by atoms with E-state index in [1.165, 1.54) is 19.5 Å². The van der Waals surface area contributed by atoms with Gasteiger partial charge in [-0.2, -0.15) is 0 Å². The van der Waals surface area contributed by atoms with Crippen LogP contribution in [0.2, 0.25) is 0 Å². The van der Waals surface area contributed by atoms with Crippen LogP contribution in [-0.2, 0) is 0 Å². The first-order valence-electron chi connectivity index (χ1n) is 6.55. The largest absolute Gasteiger partial charge is 0.350 e. The van der Waals surface area contributed by atoms with Crippen molar-refractivity contribution in [3.63, 3.8) is 0 Å². The molecule has 2 aromatic heterocycles. The monoisotopic (exact) mass is 340 g/mol. The number of amides is 1. The summed E-state index contributed by atoms with van der Waals surface area (Å²) in [6.45, 7) is 2.68. The van der Waals surface area contributed by atoms with Crippen LogP contribution in [0.15, 0.2) is 30.3 Å². The van der Waals surface area contributed by atoms with Crippen LogP contribution < -0.4 is 10.6 Å². The van der Waals surface area contributed by atoms with E-state index in [9.17, 15) is 4.79 Å². The summed E-state index contributed by atoms with van der Waals surface area (Å²) < 4.78 is 3.70. The molecule has 1 aromatic carbocycles. The predicted octanol–water partition coefficient (Wildman–Crippen LogP) is 3.88. The molecule has 3 nitrogen and oxygen atoms in total. The van der Waals surface area contributed by atoms with Gasteiger partial charge in [-0.25, -0.2) is 0 Å². The number of halogens is 1. The van der Waals surface area contributed by atoms with E-state index in [0.717, 1.165) is 4.88 Å². The molecule has 112 valence electrons. The number of rotatable bonds is 4. The second kappa shape index (κ2) is 6.75. The Kier molecular flexibility index (Phi) is 5.22. The van der Waals surface area contributed by atoms with Crippen LogP contribution in [0.1, 0.15) is 16.6 Å². The van der Waals surface area contributed by atoms with Gasteiger partial charge in [0.15, 0.2) is 0 Å². The van der Waals surface area contributed by atoms with Gasteiger partial charge in [-0.3, -0.25) is 4.79 Å². The number of thiophene rings is 2. The number of hydrogen-bond donors (Lipinski definition) is 2. The summed E-state index contributed by atoms with van der Waals surface area (Å²) in [5, 5.41) is 7.32. The fraction of sp³-hybridized carbons (Fsp3) is 0.267. The van der Waals surface area contributed by atoms with Crippen molar-refractivity contribution in [2.24, 2.45) is 0 Å². The van der Waals surface area contributed by atoms with Gasteiger partial charge in [-0.15, -0.1) is 35.1 Å². The second-order valence-corrected chi connectivity index (χ2v) is 6.94. The third-order valence-corrected chi connectivity index (χ3v) is 5.75. The van der Waals surface area contributed by atoms with Crippen molar-refractivity contribution in [2.45, 2.75) is 13.0 Å². The summed E-state index contributed by atoms with van der Waals surface area (Å²) in [4.78, 5) is 12.9. The van der Waals surface area contributed by atoms with E-state index >= 15 is 0 Å². The molecule has 1 unspecified atom stereocenters. The first-order valence-corrected chi connectivity index (χ1v) is 8.19. The van der Waals surface area contributed by atoms with Crippen molar-refractivity contribution in [3.05, 3.63) is 35.2 Å². The summed E-state index contributed by atoms with van der Waals surface area (Å²) in [6, 6.07) is 10.6. The number of carbonyl (C=O) groups is 1. The number of benzene rings is 1. The molecule has 1 amide bonds. The van der Waals surface area contributed by atoms with Crippen LogP contribution >= 0.6 is 35.1 Å². The Hall–Kier alpha value is -1.14. The van der Waals surface area contributed by atoms with Crippen LogP contribution in [0, 0.1) is 0 Å². The Bertz CT molecular complexity index is 765. The first-order chi connectivity index (χ1) is 9.69. The number of likely N-dealkylation sites (N-methyl/N-ethyl adjacent to an activating group) is 1. The minimum atomic E-state index is 0. The molecular weight excluding hydrogens is 324 g/mol.